The third-order valence-electron chi connectivity index (χ3n) is 2.97. The van der Waals surface area contributed by atoms with Gasteiger partial charge in [-0.1, -0.05) is 12.1 Å². The van der Waals surface area contributed by atoms with E-state index in [1.54, 1.807) is 0 Å². The van der Waals surface area contributed by atoms with E-state index in [9.17, 15) is 0 Å². The quantitative estimate of drug-likeness (QED) is 0.674. The van der Waals surface area contributed by atoms with Crippen molar-refractivity contribution in [2.75, 3.05) is 7.05 Å². The molecular formula is C13H16N2. The summed E-state index contributed by atoms with van der Waals surface area (Å²) in [6.07, 6.45) is 7.10. The average Bonchev–Trinajstić information content (AvgIpc) is 2.29. The zero-order chi connectivity index (χ0) is 10.7. The molecule has 1 aliphatic rings. The molecule has 1 heterocycles. The third kappa shape index (κ3) is 1.84. The summed E-state index contributed by atoms with van der Waals surface area (Å²) < 4.78 is 0. The molecule has 1 aromatic heterocycles. The van der Waals surface area contributed by atoms with Crippen molar-refractivity contribution in [2.24, 2.45) is 10.9 Å². The van der Waals surface area contributed by atoms with Crippen LogP contribution in [0.5, 0.6) is 0 Å². The normalized spacial score (nSPS) is 22.5. The van der Waals surface area contributed by atoms with Crippen LogP contribution in [0.25, 0.3) is 0 Å². The van der Waals surface area contributed by atoms with Gasteiger partial charge in [-0.3, -0.25) is 9.98 Å². The second-order valence-electron chi connectivity index (χ2n) is 3.88. The minimum Gasteiger partial charge on any atom is -0.291 e. The lowest BCUT2D eigenvalue weighted by molar-refractivity contribution is 0.612. The van der Waals surface area contributed by atoms with Crippen LogP contribution in [0.15, 0.2) is 36.0 Å². The Labute approximate surface area is 90.8 Å². The molecular weight excluding hydrogens is 184 g/mol. The maximum Gasteiger partial charge on any atom is 0.0874 e. The maximum absolute atomic E-state index is 4.44. The van der Waals surface area contributed by atoms with E-state index >= 15 is 0 Å². The molecule has 2 rings (SSSR count). The van der Waals surface area contributed by atoms with E-state index in [-0.39, 0.29) is 0 Å². The minimum atomic E-state index is 0.509. The van der Waals surface area contributed by atoms with Crippen molar-refractivity contribution in [2.45, 2.75) is 19.3 Å². The molecule has 15 heavy (non-hydrogen) atoms. The van der Waals surface area contributed by atoms with Crippen LogP contribution >= 0.6 is 0 Å². The van der Waals surface area contributed by atoms with Gasteiger partial charge in [-0.05, 0) is 30.9 Å². The molecule has 0 saturated heterocycles. The Morgan fingerprint density at radius 2 is 2.53 bits per heavy atom. The first-order valence-corrected chi connectivity index (χ1v) is 5.38. The predicted molar refractivity (Wildman–Crippen MR) is 63.3 cm³/mol. The van der Waals surface area contributed by atoms with Crippen molar-refractivity contribution < 1.29 is 0 Å². The van der Waals surface area contributed by atoms with Crippen LogP contribution in [0.4, 0.5) is 0 Å². The van der Waals surface area contributed by atoms with Crippen LogP contribution in [-0.4, -0.2) is 17.7 Å². The van der Waals surface area contributed by atoms with Gasteiger partial charge >= 0.3 is 0 Å². The first-order valence-electron chi connectivity index (χ1n) is 5.38. The number of pyridine rings is 1. The molecule has 0 radical (unpaired) electrons. The summed E-state index contributed by atoms with van der Waals surface area (Å²) in [6.45, 7) is 3.80. The minimum absolute atomic E-state index is 0.509. The predicted octanol–water partition coefficient (Wildman–Crippen LogP) is 2.64. The second kappa shape index (κ2) is 4.39. The van der Waals surface area contributed by atoms with Gasteiger partial charge < -0.3 is 0 Å². The lowest BCUT2D eigenvalue weighted by Crippen LogP contribution is -2.24. The number of nitrogens with zero attached hydrogens (tertiary/aromatic N) is 2. The van der Waals surface area contributed by atoms with E-state index in [4.69, 9.17) is 0 Å². The number of aromatic nitrogens is 1. The zero-order valence-corrected chi connectivity index (χ0v) is 9.11. The molecule has 0 spiro atoms. The fourth-order valence-electron chi connectivity index (χ4n) is 2.25. The topological polar surface area (TPSA) is 25.2 Å². The summed E-state index contributed by atoms with van der Waals surface area (Å²) in [7, 11) is 1.86. The molecule has 1 atom stereocenters. The first kappa shape index (κ1) is 10.1. The van der Waals surface area contributed by atoms with E-state index in [0.29, 0.717) is 5.92 Å². The largest absolute Gasteiger partial charge is 0.291 e. The Hall–Kier alpha value is -1.44. The van der Waals surface area contributed by atoms with Crippen LogP contribution in [-0.2, 0) is 6.42 Å². The number of aliphatic imine (C=N–C) groups is 1. The molecule has 0 amide bonds. The highest BCUT2D eigenvalue weighted by atomic mass is 14.8. The van der Waals surface area contributed by atoms with Gasteiger partial charge in [0, 0.05) is 19.2 Å². The van der Waals surface area contributed by atoms with Gasteiger partial charge in [0.1, 0.15) is 0 Å². The number of allylic oxidation sites excluding steroid dienone is 1. The molecule has 1 aromatic rings. The first-order chi connectivity index (χ1) is 7.36. The lowest BCUT2D eigenvalue weighted by atomic mass is 9.83. The molecule has 78 valence electrons. The Morgan fingerprint density at radius 3 is 3.27 bits per heavy atom. The van der Waals surface area contributed by atoms with Gasteiger partial charge in [0.15, 0.2) is 0 Å². The number of rotatable bonds is 2. The molecule has 0 aromatic carbocycles. The van der Waals surface area contributed by atoms with Crippen molar-refractivity contribution >= 4 is 5.71 Å². The zero-order valence-electron chi connectivity index (χ0n) is 9.11. The van der Waals surface area contributed by atoms with Gasteiger partial charge in [-0.2, -0.15) is 0 Å². The Morgan fingerprint density at radius 1 is 1.67 bits per heavy atom. The second-order valence-corrected chi connectivity index (χ2v) is 3.88. The fourth-order valence-corrected chi connectivity index (χ4v) is 2.25. The molecule has 0 N–H and O–H groups in total. The SMILES string of the molecule is C=CCC1CCc2cccnc2/C1=N/C. The van der Waals surface area contributed by atoms with Gasteiger partial charge in [-0.25, -0.2) is 0 Å². The van der Waals surface area contributed by atoms with Crippen molar-refractivity contribution in [3.8, 4) is 0 Å². The molecule has 2 nitrogen and oxygen atoms in total. The van der Waals surface area contributed by atoms with Crippen LogP contribution < -0.4 is 0 Å². The number of aryl methyl sites for hydroxylation is 1. The van der Waals surface area contributed by atoms with E-state index in [0.717, 1.165) is 30.7 Å². The van der Waals surface area contributed by atoms with E-state index in [2.05, 4.69) is 22.6 Å². The summed E-state index contributed by atoms with van der Waals surface area (Å²) in [5.41, 5.74) is 3.58. The van der Waals surface area contributed by atoms with E-state index in [1.165, 1.54) is 5.56 Å². The van der Waals surface area contributed by atoms with Crippen molar-refractivity contribution in [1.82, 2.24) is 4.98 Å². The molecule has 1 unspecified atom stereocenters. The number of hydrogen-bond acceptors (Lipinski definition) is 2. The standard InChI is InChI=1S/C13H16N2/c1-3-5-10-7-8-11-6-4-9-15-13(11)12(10)14-2/h3-4,6,9-10H,1,5,7-8H2,2H3/b14-12+. The molecule has 0 saturated carbocycles. The van der Waals surface area contributed by atoms with Gasteiger partial charge in [0.05, 0.1) is 11.4 Å². The van der Waals surface area contributed by atoms with Gasteiger partial charge in [0.25, 0.3) is 0 Å². The molecule has 2 heteroatoms. The Kier molecular flexibility index (Phi) is 2.95. The lowest BCUT2D eigenvalue weighted by Gasteiger charge is -2.24. The Bertz CT molecular complexity index is 393. The van der Waals surface area contributed by atoms with Gasteiger partial charge in [0.2, 0.25) is 0 Å². The average molecular weight is 200 g/mol. The Balaban J connectivity index is 2.39. The van der Waals surface area contributed by atoms with Crippen LogP contribution in [0.2, 0.25) is 0 Å². The van der Waals surface area contributed by atoms with Crippen molar-refractivity contribution in [3.63, 3.8) is 0 Å². The summed E-state index contributed by atoms with van der Waals surface area (Å²) >= 11 is 0. The van der Waals surface area contributed by atoms with E-state index in [1.807, 2.05) is 25.4 Å². The summed E-state index contributed by atoms with van der Waals surface area (Å²) in [6, 6.07) is 4.15. The van der Waals surface area contributed by atoms with Gasteiger partial charge in [-0.15, -0.1) is 6.58 Å². The smallest absolute Gasteiger partial charge is 0.0874 e. The third-order valence-corrected chi connectivity index (χ3v) is 2.97. The summed E-state index contributed by atoms with van der Waals surface area (Å²) in [5.74, 6) is 0.509. The maximum atomic E-state index is 4.44. The van der Waals surface area contributed by atoms with Crippen molar-refractivity contribution in [1.29, 1.82) is 0 Å². The van der Waals surface area contributed by atoms with Crippen LogP contribution in [0, 0.1) is 5.92 Å². The fraction of sp³-hybridized carbons (Fsp3) is 0.385. The highest BCUT2D eigenvalue weighted by molar-refractivity contribution is 6.02. The van der Waals surface area contributed by atoms with E-state index < -0.39 is 0 Å². The van der Waals surface area contributed by atoms with Crippen LogP contribution in [0.1, 0.15) is 24.1 Å². The van der Waals surface area contributed by atoms with Crippen LogP contribution in [0.3, 0.4) is 0 Å². The summed E-state index contributed by atoms with van der Waals surface area (Å²) in [4.78, 5) is 8.83. The molecule has 0 aliphatic heterocycles. The molecule has 0 bridgehead atoms. The highest BCUT2D eigenvalue weighted by Gasteiger charge is 2.24. The molecule has 0 fully saturated rings. The van der Waals surface area contributed by atoms with Crippen molar-refractivity contribution in [3.05, 3.63) is 42.2 Å². The molecule has 1 aliphatic carbocycles. The monoisotopic (exact) mass is 200 g/mol. The number of hydrogen-bond donors (Lipinski definition) is 0. The summed E-state index contributed by atoms with van der Waals surface area (Å²) in [5, 5.41) is 0. The number of fused-ring (bicyclic) bond motifs is 1. The highest BCUT2D eigenvalue weighted by Crippen LogP contribution is 2.26.